The lowest BCUT2D eigenvalue weighted by Gasteiger charge is -2.02. The van der Waals surface area contributed by atoms with Gasteiger partial charge in [-0.05, 0) is 12.1 Å². The first kappa shape index (κ1) is 13.2. The highest BCUT2D eigenvalue weighted by Crippen LogP contribution is 2.13. The van der Waals surface area contributed by atoms with Gasteiger partial charge >= 0.3 is 0 Å². The molecule has 2 heterocycles. The summed E-state index contributed by atoms with van der Waals surface area (Å²) in [5.41, 5.74) is 0.785. The van der Waals surface area contributed by atoms with Crippen molar-refractivity contribution >= 4 is 22.4 Å². The van der Waals surface area contributed by atoms with E-state index >= 15 is 0 Å². The second kappa shape index (κ2) is 6.64. The number of aliphatic hydroxyl groups excluding tert-OH is 1. The molecule has 2 aromatic heterocycles. The number of anilines is 1. The van der Waals surface area contributed by atoms with Crippen LogP contribution in [0.4, 0.5) is 5.13 Å². The monoisotopic (exact) mass is 273 g/mol. The van der Waals surface area contributed by atoms with Gasteiger partial charge in [0.1, 0.15) is 5.69 Å². The van der Waals surface area contributed by atoms with Crippen molar-refractivity contribution in [3.8, 4) is 11.8 Å². The van der Waals surface area contributed by atoms with Crippen molar-refractivity contribution < 1.29 is 9.90 Å². The predicted molar refractivity (Wildman–Crippen MR) is 72.9 cm³/mol. The molecule has 0 bridgehead atoms. The van der Waals surface area contributed by atoms with Crippen LogP contribution in [0.2, 0.25) is 0 Å². The number of amides is 1. The highest BCUT2D eigenvalue weighted by atomic mass is 32.1. The van der Waals surface area contributed by atoms with E-state index < -0.39 is 0 Å². The molecule has 19 heavy (non-hydrogen) atoms. The number of carbonyl (C=O) groups excluding carboxylic acids is 1. The second-order valence-corrected chi connectivity index (χ2v) is 4.36. The molecule has 5 nitrogen and oxygen atoms in total. The van der Waals surface area contributed by atoms with E-state index in [1.54, 1.807) is 23.7 Å². The highest BCUT2D eigenvalue weighted by Gasteiger charge is 2.12. The molecule has 2 aromatic rings. The van der Waals surface area contributed by atoms with Crippen LogP contribution in [0.3, 0.4) is 0 Å². The minimum absolute atomic E-state index is 0.00604. The lowest BCUT2D eigenvalue weighted by Crippen LogP contribution is -2.15. The number of aromatic nitrogens is 2. The largest absolute Gasteiger partial charge is 0.395 e. The molecule has 1 amide bonds. The Bertz CT molecular complexity index is 614. The standard InChI is InChI=1S/C13H11N3O2S/c17-8-2-1-4-10-5-3-6-14-11(10)12(18)16-13-15-7-9-19-13/h3,5-7,9,17H,2,8H2,(H,15,16,18). The van der Waals surface area contributed by atoms with E-state index in [1.165, 1.54) is 17.5 Å². The number of nitrogens with zero attached hydrogens (tertiary/aromatic N) is 2. The van der Waals surface area contributed by atoms with E-state index in [4.69, 9.17) is 5.11 Å². The van der Waals surface area contributed by atoms with Crippen molar-refractivity contribution in [1.82, 2.24) is 9.97 Å². The average Bonchev–Trinajstić information content (AvgIpc) is 2.92. The van der Waals surface area contributed by atoms with Gasteiger partial charge in [0, 0.05) is 24.2 Å². The van der Waals surface area contributed by atoms with Crippen molar-refractivity contribution in [2.24, 2.45) is 0 Å². The Kier molecular flexibility index (Phi) is 4.61. The summed E-state index contributed by atoms with van der Waals surface area (Å²) in [5.74, 6) is 5.25. The van der Waals surface area contributed by atoms with Gasteiger partial charge in [-0.3, -0.25) is 10.1 Å². The van der Waals surface area contributed by atoms with Crippen LogP contribution in [0.15, 0.2) is 29.9 Å². The normalized spacial score (nSPS) is 9.53. The number of pyridine rings is 1. The maximum Gasteiger partial charge on any atom is 0.277 e. The molecule has 0 saturated carbocycles. The number of hydrogen-bond donors (Lipinski definition) is 2. The fourth-order valence-corrected chi connectivity index (χ4v) is 1.87. The quantitative estimate of drug-likeness (QED) is 0.831. The Balaban J connectivity index is 2.20. The van der Waals surface area contributed by atoms with Crippen molar-refractivity contribution in [2.75, 3.05) is 11.9 Å². The van der Waals surface area contributed by atoms with Gasteiger partial charge in [-0.15, -0.1) is 11.3 Å². The van der Waals surface area contributed by atoms with Crippen molar-refractivity contribution in [1.29, 1.82) is 0 Å². The first-order valence-electron chi connectivity index (χ1n) is 5.57. The van der Waals surface area contributed by atoms with Gasteiger partial charge in [0.05, 0.1) is 12.2 Å². The summed E-state index contributed by atoms with van der Waals surface area (Å²) in [7, 11) is 0. The molecular weight excluding hydrogens is 262 g/mol. The van der Waals surface area contributed by atoms with E-state index in [1.807, 2.05) is 0 Å². The lowest BCUT2D eigenvalue weighted by atomic mass is 10.2. The molecule has 0 aliphatic heterocycles. The molecule has 0 spiro atoms. The van der Waals surface area contributed by atoms with Gasteiger partial charge in [-0.25, -0.2) is 9.97 Å². The molecular formula is C13H11N3O2S. The molecule has 0 atom stereocenters. The zero-order valence-corrected chi connectivity index (χ0v) is 10.8. The number of hydrogen-bond acceptors (Lipinski definition) is 5. The number of aliphatic hydroxyl groups is 1. The Labute approximate surface area is 114 Å². The van der Waals surface area contributed by atoms with E-state index in [9.17, 15) is 4.79 Å². The summed E-state index contributed by atoms with van der Waals surface area (Å²) < 4.78 is 0. The Hall–Kier alpha value is -2.23. The highest BCUT2D eigenvalue weighted by molar-refractivity contribution is 7.13. The summed E-state index contributed by atoms with van der Waals surface area (Å²) in [6, 6.07) is 3.43. The van der Waals surface area contributed by atoms with Crippen LogP contribution in [-0.4, -0.2) is 27.6 Å². The van der Waals surface area contributed by atoms with E-state index in [2.05, 4.69) is 27.1 Å². The number of rotatable bonds is 3. The summed E-state index contributed by atoms with van der Waals surface area (Å²) in [6.45, 7) is -0.00604. The molecule has 2 rings (SSSR count). The van der Waals surface area contributed by atoms with E-state index in [-0.39, 0.29) is 18.2 Å². The third-order valence-electron chi connectivity index (χ3n) is 2.14. The molecule has 96 valence electrons. The van der Waals surface area contributed by atoms with Crippen LogP contribution < -0.4 is 5.32 Å². The molecule has 2 N–H and O–H groups in total. The molecule has 0 unspecified atom stereocenters. The number of carbonyl (C=O) groups is 1. The molecule has 0 aromatic carbocycles. The first-order chi connectivity index (χ1) is 9.31. The van der Waals surface area contributed by atoms with Crippen LogP contribution >= 0.6 is 11.3 Å². The van der Waals surface area contributed by atoms with Crippen LogP contribution in [0.25, 0.3) is 0 Å². The SMILES string of the molecule is O=C(Nc1nccs1)c1ncccc1C#CCCO. The Morgan fingerprint density at radius 3 is 3.05 bits per heavy atom. The maximum absolute atomic E-state index is 12.0. The predicted octanol–water partition coefficient (Wildman–Crippen LogP) is 1.52. The molecule has 0 fully saturated rings. The van der Waals surface area contributed by atoms with E-state index in [0.717, 1.165) is 0 Å². The smallest absolute Gasteiger partial charge is 0.277 e. The van der Waals surface area contributed by atoms with Gasteiger partial charge in [0.15, 0.2) is 5.13 Å². The Morgan fingerprint density at radius 2 is 2.32 bits per heavy atom. The van der Waals surface area contributed by atoms with Gasteiger partial charge < -0.3 is 5.11 Å². The maximum atomic E-state index is 12.0. The Morgan fingerprint density at radius 1 is 1.42 bits per heavy atom. The summed E-state index contributed by atoms with van der Waals surface area (Å²) in [6.07, 6.45) is 3.51. The molecule has 6 heteroatoms. The fourth-order valence-electron chi connectivity index (χ4n) is 1.34. The van der Waals surface area contributed by atoms with E-state index in [0.29, 0.717) is 17.1 Å². The van der Waals surface area contributed by atoms with Gasteiger partial charge in [-0.1, -0.05) is 11.8 Å². The zero-order valence-electron chi connectivity index (χ0n) is 9.96. The number of nitrogens with one attached hydrogen (secondary N) is 1. The summed E-state index contributed by atoms with van der Waals surface area (Å²) in [4.78, 5) is 20.1. The third-order valence-corrected chi connectivity index (χ3v) is 2.82. The lowest BCUT2D eigenvalue weighted by molar-refractivity contribution is 0.102. The number of thiazole rings is 1. The second-order valence-electron chi connectivity index (χ2n) is 3.47. The molecule has 0 aliphatic carbocycles. The fraction of sp³-hybridized carbons (Fsp3) is 0.154. The molecule has 0 saturated heterocycles. The zero-order chi connectivity index (χ0) is 13.5. The van der Waals surface area contributed by atoms with Crippen molar-refractivity contribution in [3.63, 3.8) is 0 Å². The topological polar surface area (TPSA) is 75.1 Å². The molecule has 0 aliphatic rings. The van der Waals surface area contributed by atoms with Crippen LogP contribution in [0, 0.1) is 11.8 Å². The van der Waals surface area contributed by atoms with Gasteiger partial charge in [-0.2, -0.15) is 0 Å². The van der Waals surface area contributed by atoms with Crippen LogP contribution in [-0.2, 0) is 0 Å². The average molecular weight is 273 g/mol. The minimum atomic E-state index is -0.344. The van der Waals surface area contributed by atoms with Crippen LogP contribution in [0.5, 0.6) is 0 Å². The molecule has 0 radical (unpaired) electrons. The van der Waals surface area contributed by atoms with Crippen molar-refractivity contribution in [3.05, 3.63) is 41.2 Å². The first-order valence-corrected chi connectivity index (χ1v) is 6.45. The third kappa shape index (κ3) is 3.61. The van der Waals surface area contributed by atoms with Crippen LogP contribution in [0.1, 0.15) is 22.5 Å². The summed E-state index contributed by atoms with van der Waals surface area (Å²) in [5, 5.41) is 13.6. The van der Waals surface area contributed by atoms with Gasteiger partial charge in [0.2, 0.25) is 0 Å². The minimum Gasteiger partial charge on any atom is -0.395 e. The summed E-state index contributed by atoms with van der Waals surface area (Å²) >= 11 is 1.33. The van der Waals surface area contributed by atoms with Crippen molar-refractivity contribution in [2.45, 2.75) is 6.42 Å². The van der Waals surface area contributed by atoms with Gasteiger partial charge in [0.25, 0.3) is 5.91 Å².